The van der Waals surface area contributed by atoms with Gasteiger partial charge in [-0.25, -0.2) is 9.97 Å². The minimum Gasteiger partial charge on any atom is -0.345 e. The molecule has 5 rings (SSSR count). The SMILES string of the molecule is Cc1nc2cc(-c3nccn3C)nn2c(N2CCN(C3CCCC3)C(=O)C2)c1C. The fourth-order valence-corrected chi connectivity index (χ4v) is 4.75. The average Bonchev–Trinajstić information content (AvgIpc) is 3.43. The van der Waals surface area contributed by atoms with E-state index in [1.807, 2.05) is 35.3 Å². The van der Waals surface area contributed by atoms with Gasteiger partial charge < -0.3 is 14.4 Å². The van der Waals surface area contributed by atoms with Gasteiger partial charge in [0.1, 0.15) is 11.5 Å². The Morgan fingerprint density at radius 3 is 2.62 bits per heavy atom. The molecular formula is C21H27N7O. The van der Waals surface area contributed by atoms with Gasteiger partial charge in [0.05, 0.1) is 6.54 Å². The van der Waals surface area contributed by atoms with Gasteiger partial charge in [0.15, 0.2) is 11.5 Å². The third-order valence-electron chi connectivity index (χ3n) is 6.42. The second-order valence-corrected chi connectivity index (χ2v) is 8.25. The highest BCUT2D eigenvalue weighted by molar-refractivity contribution is 5.83. The van der Waals surface area contributed by atoms with Gasteiger partial charge >= 0.3 is 0 Å². The number of rotatable bonds is 3. The number of hydrogen-bond donors (Lipinski definition) is 0. The van der Waals surface area contributed by atoms with Crippen molar-refractivity contribution in [2.75, 3.05) is 24.5 Å². The summed E-state index contributed by atoms with van der Waals surface area (Å²) < 4.78 is 3.83. The Morgan fingerprint density at radius 1 is 1.14 bits per heavy atom. The molecule has 1 saturated heterocycles. The van der Waals surface area contributed by atoms with Gasteiger partial charge in [-0.05, 0) is 26.7 Å². The van der Waals surface area contributed by atoms with Gasteiger partial charge in [0.25, 0.3) is 0 Å². The highest BCUT2D eigenvalue weighted by atomic mass is 16.2. The Labute approximate surface area is 170 Å². The molecule has 4 heterocycles. The quantitative estimate of drug-likeness (QED) is 0.683. The van der Waals surface area contributed by atoms with Gasteiger partial charge in [-0.1, -0.05) is 12.8 Å². The van der Waals surface area contributed by atoms with E-state index < -0.39 is 0 Å². The zero-order valence-electron chi connectivity index (χ0n) is 17.3. The van der Waals surface area contributed by atoms with E-state index >= 15 is 0 Å². The molecular weight excluding hydrogens is 366 g/mol. The van der Waals surface area contributed by atoms with Gasteiger partial charge in [-0.3, -0.25) is 4.79 Å². The predicted molar refractivity (Wildman–Crippen MR) is 111 cm³/mol. The third kappa shape index (κ3) is 2.97. The Hall–Kier alpha value is -2.90. The number of amides is 1. The smallest absolute Gasteiger partial charge is 0.242 e. The van der Waals surface area contributed by atoms with Crippen molar-refractivity contribution in [3.05, 3.63) is 29.7 Å². The number of carbonyl (C=O) groups is 1. The first-order chi connectivity index (χ1) is 14.0. The number of aromatic nitrogens is 5. The first-order valence-electron chi connectivity index (χ1n) is 10.4. The van der Waals surface area contributed by atoms with Crippen LogP contribution in [0.5, 0.6) is 0 Å². The Morgan fingerprint density at radius 2 is 1.93 bits per heavy atom. The Kier molecular flexibility index (Phi) is 4.29. The lowest BCUT2D eigenvalue weighted by Gasteiger charge is -2.39. The summed E-state index contributed by atoms with van der Waals surface area (Å²) in [6.07, 6.45) is 8.46. The second kappa shape index (κ2) is 6.86. The summed E-state index contributed by atoms with van der Waals surface area (Å²) in [5, 5.41) is 4.82. The molecule has 3 aromatic rings. The van der Waals surface area contributed by atoms with E-state index in [4.69, 9.17) is 10.1 Å². The van der Waals surface area contributed by atoms with Crippen molar-refractivity contribution in [2.45, 2.75) is 45.6 Å². The van der Waals surface area contributed by atoms with E-state index in [-0.39, 0.29) is 5.91 Å². The third-order valence-corrected chi connectivity index (χ3v) is 6.42. The minimum atomic E-state index is 0.224. The molecule has 2 fully saturated rings. The molecule has 8 nitrogen and oxygen atoms in total. The van der Waals surface area contributed by atoms with Gasteiger partial charge in [0, 0.05) is 55.9 Å². The molecule has 152 valence electrons. The monoisotopic (exact) mass is 393 g/mol. The summed E-state index contributed by atoms with van der Waals surface area (Å²) in [6.45, 7) is 6.07. The van der Waals surface area contributed by atoms with E-state index in [9.17, 15) is 4.79 Å². The van der Waals surface area contributed by atoms with Gasteiger partial charge in [0.2, 0.25) is 5.91 Å². The molecule has 8 heteroatoms. The van der Waals surface area contributed by atoms with Crippen LogP contribution in [0.25, 0.3) is 17.2 Å². The van der Waals surface area contributed by atoms with Crippen molar-refractivity contribution in [2.24, 2.45) is 7.05 Å². The number of nitrogens with zero attached hydrogens (tertiary/aromatic N) is 7. The molecule has 0 bridgehead atoms. The number of imidazole rings is 1. The molecule has 1 aliphatic heterocycles. The van der Waals surface area contributed by atoms with E-state index in [2.05, 4.69) is 21.7 Å². The summed E-state index contributed by atoms with van der Waals surface area (Å²) >= 11 is 0. The largest absolute Gasteiger partial charge is 0.345 e. The number of anilines is 1. The first kappa shape index (κ1) is 18.1. The zero-order valence-corrected chi connectivity index (χ0v) is 17.3. The summed E-state index contributed by atoms with van der Waals surface area (Å²) in [4.78, 5) is 26.4. The fraction of sp³-hybridized carbons (Fsp3) is 0.524. The molecule has 1 aliphatic carbocycles. The molecule has 0 N–H and O–H groups in total. The summed E-state index contributed by atoms with van der Waals surface area (Å²) in [5.74, 6) is 1.99. The van der Waals surface area contributed by atoms with Crippen molar-refractivity contribution in [1.82, 2.24) is 29.0 Å². The Bertz CT molecular complexity index is 1080. The molecule has 0 radical (unpaired) electrons. The number of hydrogen-bond acceptors (Lipinski definition) is 5. The number of piperazine rings is 1. The maximum atomic E-state index is 13.0. The van der Waals surface area contributed by atoms with Crippen LogP contribution in [0.1, 0.15) is 36.9 Å². The lowest BCUT2D eigenvalue weighted by Crippen LogP contribution is -2.54. The fourth-order valence-electron chi connectivity index (χ4n) is 4.75. The molecule has 2 aliphatic rings. The van der Waals surface area contributed by atoms with Crippen LogP contribution in [0, 0.1) is 13.8 Å². The van der Waals surface area contributed by atoms with E-state index in [1.54, 1.807) is 6.20 Å². The topological polar surface area (TPSA) is 71.6 Å². The van der Waals surface area contributed by atoms with E-state index in [0.717, 1.165) is 60.2 Å². The number of fused-ring (bicyclic) bond motifs is 1. The van der Waals surface area contributed by atoms with Crippen LogP contribution >= 0.6 is 0 Å². The average molecular weight is 393 g/mol. The molecule has 1 amide bonds. The standard InChI is InChI=1S/C21H27N7O/c1-14-15(2)23-18-12-17(20-22-8-9-25(20)3)24-28(18)21(14)26-10-11-27(19(29)13-26)16-6-4-5-7-16/h8-9,12,16H,4-7,10-11,13H2,1-3H3. The summed E-state index contributed by atoms with van der Waals surface area (Å²) in [7, 11) is 1.96. The highest BCUT2D eigenvalue weighted by Crippen LogP contribution is 2.29. The van der Waals surface area contributed by atoms with E-state index in [1.165, 1.54) is 12.8 Å². The van der Waals surface area contributed by atoms with Crippen LogP contribution in [0.3, 0.4) is 0 Å². The van der Waals surface area contributed by atoms with E-state index in [0.29, 0.717) is 12.6 Å². The zero-order chi connectivity index (χ0) is 20.1. The molecule has 0 unspecified atom stereocenters. The molecule has 3 aromatic heterocycles. The van der Waals surface area contributed by atoms with Crippen LogP contribution in [0.15, 0.2) is 18.5 Å². The number of carbonyl (C=O) groups excluding carboxylic acids is 1. The van der Waals surface area contributed by atoms with Crippen LogP contribution in [-0.4, -0.2) is 60.6 Å². The second-order valence-electron chi connectivity index (χ2n) is 8.25. The molecule has 0 atom stereocenters. The molecule has 29 heavy (non-hydrogen) atoms. The van der Waals surface area contributed by atoms with Gasteiger partial charge in [-0.2, -0.15) is 9.61 Å². The van der Waals surface area contributed by atoms with Crippen molar-refractivity contribution in [1.29, 1.82) is 0 Å². The maximum Gasteiger partial charge on any atom is 0.242 e. The minimum absolute atomic E-state index is 0.224. The van der Waals surface area contributed by atoms with Crippen LogP contribution in [0.2, 0.25) is 0 Å². The number of aryl methyl sites for hydroxylation is 2. The molecule has 0 spiro atoms. The molecule has 0 aromatic carbocycles. The van der Waals surface area contributed by atoms with Gasteiger partial charge in [-0.15, -0.1) is 0 Å². The Balaban J connectivity index is 1.52. The molecule has 1 saturated carbocycles. The lowest BCUT2D eigenvalue weighted by molar-refractivity contribution is -0.133. The lowest BCUT2D eigenvalue weighted by atomic mass is 10.1. The summed E-state index contributed by atoms with van der Waals surface area (Å²) in [6, 6.07) is 2.40. The van der Waals surface area contributed by atoms with Crippen LogP contribution < -0.4 is 4.90 Å². The van der Waals surface area contributed by atoms with Crippen molar-refractivity contribution in [3.8, 4) is 11.5 Å². The normalized spacial score (nSPS) is 18.4. The van der Waals surface area contributed by atoms with Crippen molar-refractivity contribution < 1.29 is 4.79 Å². The maximum absolute atomic E-state index is 13.0. The highest BCUT2D eigenvalue weighted by Gasteiger charge is 2.33. The van der Waals surface area contributed by atoms with Crippen LogP contribution in [0.4, 0.5) is 5.82 Å². The summed E-state index contributed by atoms with van der Waals surface area (Å²) in [5.41, 5.74) is 3.59. The van der Waals surface area contributed by atoms with Crippen LogP contribution in [-0.2, 0) is 11.8 Å². The van der Waals surface area contributed by atoms with Crippen molar-refractivity contribution in [3.63, 3.8) is 0 Å². The van der Waals surface area contributed by atoms with Crippen molar-refractivity contribution >= 4 is 17.4 Å². The first-order valence-corrected chi connectivity index (χ1v) is 10.4. The predicted octanol–water partition coefficient (Wildman–Crippen LogP) is 2.34.